The van der Waals surface area contributed by atoms with Crippen LogP contribution >= 0.6 is 0 Å². The van der Waals surface area contributed by atoms with Gasteiger partial charge >= 0.3 is 11.7 Å². The Kier molecular flexibility index (Phi) is 6.49. The molecule has 1 atom stereocenters. The lowest BCUT2D eigenvalue weighted by molar-refractivity contribution is -0.386. The Bertz CT molecular complexity index is 1230. The van der Waals surface area contributed by atoms with E-state index in [0.717, 1.165) is 16.8 Å². The third-order valence-corrected chi connectivity index (χ3v) is 6.21. The summed E-state index contributed by atoms with van der Waals surface area (Å²) in [4.78, 5) is 37.0. The summed E-state index contributed by atoms with van der Waals surface area (Å²) in [5, 5.41) is 15.1. The van der Waals surface area contributed by atoms with Gasteiger partial charge in [0.1, 0.15) is 6.61 Å². The van der Waals surface area contributed by atoms with Crippen LogP contribution in [0.2, 0.25) is 0 Å². The maximum Gasteiger partial charge on any atom is 0.336 e. The minimum atomic E-state index is -0.749. The van der Waals surface area contributed by atoms with E-state index >= 15 is 0 Å². The van der Waals surface area contributed by atoms with Gasteiger partial charge in [-0.1, -0.05) is 35.9 Å². The predicted molar refractivity (Wildman–Crippen MR) is 125 cm³/mol. The van der Waals surface area contributed by atoms with Gasteiger partial charge in [-0.05, 0) is 43.9 Å². The number of benzene rings is 2. The number of rotatable bonds is 6. The first-order valence-electron chi connectivity index (χ1n) is 11.1. The molecule has 2 aromatic rings. The Balaban J connectivity index is 1.75. The maximum atomic E-state index is 12.9. The number of ketones is 1. The number of ether oxygens (including phenoxy) is 2. The summed E-state index contributed by atoms with van der Waals surface area (Å²) in [5.74, 6) is -1.29. The van der Waals surface area contributed by atoms with Crippen molar-refractivity contribution < 1.29 is 24.0 Å². The number of hydrogen-bond donors (Lipinski definition) is 1. The molecular formula is C26H26N2O6. The van der Waals surface area contributed by atoms with Crippen molar-refractivity contribution in [3.8, 4) is 5.75 Å². The number of carbonyl (C=O) groups is 2. The number of aryl methyl sites for hydroxylation is 1. The number of methoxy groups -OCH3 is 1. The van der Waals surface area contributed by atoms with E-state index in [-0.39, 0.29) is 29.4 Å². The molecule has 1 heterocycles. The Morgan fingerprint density at radius 2 is 1.88 bits per heavy atom. The molecule has 8 nitrogen and oxygen atoms in total. The first-order chi connectivity index (χ1) is 16.3. The number of allylic oxidation sites excluding steroid dienone is 3. The Labute approximate surface area is 197 Å². The number of dihydropyridines is 1. The topological polar surface area (TPSA) is 108 Å². The molecule has 2 aliphatic rings. The zero-order valence-electron chi connectivity index (χ0n) is 19.3. The van der Waals surface area contributed by atoms with Crippen molar-refractivity contribution in [2.24, 2.45) is 0 Å². The number of hydrogen-bond acceptors (Lipinski definition) is 7. The molecule has 0 radical (unpaired) electrons. The highest BCUT2D eigenvalue weighted by Gasteiger charge is 2.39. The molecule has 0 saturated carbocycles. The molecule has 8 heteroatoms. The zero-order chi connectivity index (χ0) is 24.4. The Hall–Kier alpha value is -3.94. The maximum absolute atomic E-state index is 12.9. The second kappa shape index (κ2) is 9.51. The van der Waals surface area contributed by atoms with Gasteiger partial charge in [-0.2, -0.15) is 0 Å². The lowest BCUT2D eigenvalue weighted by Crippen LogP contribution is -2.34. The van der Waals surface area contributed by atoms with Crippen LogP contribution in [-0.2, 0) is 20.9 Å². The van der Waals surface area contributed by atoms with Gasteiger partial charge in [0.05, 0.1) is 17.6 Å². The van der Waals surface area contributed by atoms with Crippen LogP contribution in [0, 0.1) is 17.0 Å². The van der Waals surface area contributed by atoms with Crippen molar-refractivity contribution in [3.63, 3.8) is 0 Å². The summed E-state index contributed by atoms with van der Waals surface area (Å²) < 4.78 is 10.8. The van der Waals surface area contributed by atoms with Crippen LogP contribution in [0.5, 0.6) is 5.75 Å². The number of esters is 1. The summed E-state index contributed by atoms with van der Waals surface area (Å²) in [7, 11) is 1.27. The van der Waals surface area contributed by atoms with Gasteiger partial charge in [0.15, 0.2) is 11.5 Å². The standard InChI is InChI=1S/C26H26N2O6/c1-15-7-9-17(10-8-15)14-34-22-12-11-18(13-20(22)28(31)32)24-23(26(30)33-3)16(2)27-19-5-4-6-21(29)25(19)24/h7-13,24,27H,4-6,14H2,1-3H3. The van der Waals surface area contributed by atoms with E-state index in [1.165, 1.54) is 19.2 Å². The fraction of sp³-hybridized carbons (Fsp3) is 0.308. The smallest absolute Gasteiger partial charge is 0.336 e. The van der Waals surface area contributed by atoms with Crippen molar-refractivity contribution in [1.29, 1.82) is 0 Å². The minimum absolute atomic E-state index is 0.0741. The van der Waals surface area contributed by atoms with Crippen LogP contribution in [0.3, 0.4) is 0 Å². The highest BCUT2D eigenvalue weighted by atomic mass is 16.6. The Morgan fingerprint density at radius 3 is 2.56 bits per heavy atom. The summed E-state index contributed by atoms with van der Waals surface area (Å²) in [6.45, 7) is 3.90. The SMILES string of the molecule is COC(=O)C1=C(C)NC2=C(C(=O)CCC2)C1c1ccc(OCc2ccc(C)cc2)c([N+](=O)[O-])c1. The second-order valence-electron chi connectivity index (χ2n) is 8.52. The average molecular weight is 463 g/mol. The second-order valence-corrected chi connectivity index (χ2v) is 8.52. The highest BCUT2D eigenvalue weighted by Crippen LogP contribution is 2.44. The van der Waals surface area contributed by atoms with Crippen molar-refractivity contribution in [1.82, 2.24) is 5.32 Å². The monoisotopic (exact) mass is 462 g/mol. The highest BCUT2D eigenvalue weighted by molar-refractivity contribution is 6.03. The lowest BCUT2D eigenvalue weighted by atomic mass is 9.75. The van der Waals surface area contributed by atoms with E-state index in [4.69, 9.17) is 9.47 Å². The molecule has 176 valence electrons. The number of Topliss-reactive ketones (excluding diaryl/α,β-unsaturated/α-hetero) is 1. The van der Waals surface area contributed by atoms with E-state index < -0.39 is 16.8 Å². The van der Waals surface area contributed by atoms with E-state index in [1.54, 1.807) is 13.0 Å². The van der Waals surface area contributed by atoms with Crippen LogP contribution in [0.1, 0.15) is 48.8 Å². The first-order valence-corrected chi connectivity index (χ1v) is 11.1. The van der Waals surface area contributed by atoms with Gasteiger partial charge in [0, 0.05) is 35.4 Å². The fourth-order valence-electron chi connectivity index (χ4n) is 4.52. The molecule has 0 aromatic heterocycles. The van der Waals surface area contributed by atoms with Gasteiger partial charge in [-0.3, -0.25) is 14.9 Å². The molecule has 2 aromatic carbocycles. The van der Waals surface area contributed by atoms with E-state index in [1.807, 2.05) is 31.2 Å². The van der Waals surface area contributed by atoms with Crippen molar-refractivity contribution in [2.45, 2.75) is 45.6 Å². The fourth-order valence-corrected chi connectivity index (χ4v) is 4.52. The summed E-state index contributed by atoms with van der Waals surface area (Å²) in [5.41, 5.74) is 4.32. The quantitative estimate of drug-likeness (QED) is 0.379. The van der Waals surface area contributed by atoms with Crippen LogP contribution < -0.4 is 10.1 Å². The normalized spacial score (nSPS) is 17.7. The largest absolute Gasteiger partial charge is 0.482 e. The van der Waals surface area contributed by atoms with Gasteiger partial charge in [-0.15, -0.1) is 0 Å². The van der Waals surface area contributed by atoms with Crippen molar-refractivity contribution >= 4 is 17.4 Å². The predicted octanol–water partition coefficient (Wildman–Crippen LogP) is 4.62. The van der Waals surface area contributed by atoms with Gasteiger partial charge in [-0.25, -0.2) is 4.79 Å². The van der Waals surface area contributed by atoms with E-state index in [2.05, 4.69) is 5.32 Å². The molecule has 0 bridgehead atoms. The van der Waals surface area contributed by atoms with Crippen LogP contribution in [0.25, 0.3) is 0 Å². The molecule has 34 heavy (non-hydrogen) atoms. The molecule has 0 spiro atoms. The number of nitrogens with one attached hydrogen (secondary N) is 1. The first kappa shape index (κ1) is 23.2. The van der Waals surface area contributed by atoms with Gasteiger partial charge < -0.3 is 14.8 Å². The van der Waals surface area contributed by atoms with Gasteiger partial charge in [0.25, 0.3) is 0 Å². The van der Waals surface area contributed by atoms with Crippen LogP contribution in [0.4, 0.5) is 5.69 Å². The molecule has 4 rings (SSSR count). The van der Waals surface area contributed by atoms with E-state index in [0.29, 0.717) is 36.1 Å². The van der Waals surface area contributed by atoms with Gasteiger partial charge in [0.2, 0.25) is 0 Å². The van der Waals surface area contributed by atoms with E-state index in [9.17, 15) is 19.7 Å². The van der Waals surface area contributed by atoms with Crippen molar-refractivity contribution in [2.75, 3.05) is 7.11 Å². The molecule has 0 saturated heterocycles. The summed E-state index contributed by atoms with van der Waals surface area (Å²) in [6.07, 6.45) is 1.75. The zero-order valence-corrected chi connectivity index (χ0v) is 19.3. The Morgan fingerprint density at radius 1 is 1.15 bits per heavy atom. The molecular weight excluding hydrogens is 436 g/mol. The van der Waals surface area contributed by atoms with Crippen LogP contribution in [0.15, 0.2) is 65.0 Å². The minimum Gasteiger partial charge on any atom is -0.482 e. The number of nitro benzene ring substituents is 1. The third-order valence-electron chi connectivity index (χ3n) is 6.21. The number of nitro groups is 1. The molecule has 0 amide bonds. The summed E-state index contributed by atoms with van der Waals surface area (Å²) in [6, 6.07) is 12.3. The van der Waals surface area contributed by atoms with Crippen LogP contribution in [-0.4, -0.2) is 23.8 Å². The lowest BCUT2D eigenvalue weighted by Gasteiger charge is -2.34. The third kappa shape index (κ3) is 4.44. The number of carbonyl (C=O) groups excluding carboxylic acids is 2. The average Bonchev–Trinajstić information content (AvgIpc) is 2.82. The molecule has 1 aliphatic carbocycles. The van der Waals surface area contributed by atoms with Crippen molar-refractivity contribution in [3.05, 3.63) is 91.8 Å². The summed E-state index contributed by atoms with van der Waals surface area (Å²) >= 11 is 0. The number of nitrogens with zero attached hydrogens (tertiary/aromatic N) is 1. The molecule has 1 aliphatic heterocycles. The molecule has 1 unspecified atom stereocenters. The molecule has 1 N–H and O–H groups in total. The molecule has 0 fully saturated rings.